The van der Waals surface area contributed by atoms with Crippen LogP contribution in [0.4, 0.5) is 5.69 Å². The van der Waals surface area contributed by atoms with Crippen LogP contribution >= 0.6 is 0 Å². The first kappa shape index (κ1) is 32.7. The normalized spacial score (nSPS) is 31.2. The van der Waals surface area contributed by atoms with Crippen molar-refractivity contribution in [2.45, 2.75) is 50.5 Å². The molecule has 0 heterocycles. The fourth-order valence-electron chi connectivity index (χ4n) is 6.93. The number of ketones is 4. The van der Waals surface area contributed by atoms with Crippen molar-refractivity contribution in [3.05, 3.63) is 23.3 Å². The maximum Gasteiger partial charge on any atom is 0.340 e. The van der Waals surface area contributed by atoms with E-state index in [1.807, 2.05) is 0 Å². The number of amides is 1. The number of anilines is 1. The molecular formula is C29H35N3O12. The number of phenolic OH excluding ortho intramolecular Hbond substituents is 1. The predicted octanol–water partition coefficient (Wildman–Crippen LogP) is -1.69. The number of fused-ring (bicyclic) bond motifs is 3. The fraction of sp³-hybridized carbons (Fsp3) is 0.552. The second kappa shape index (κ2) is 11.7. The van der Waals surface area contributed by atoms with Crippen LogP contribution in [0.5, 0.6) is 5.75 Å². The number of likely N-dealkylation sites (N-methyl/N-ethyl adjacent to an activating group) is 1. The molecule has 4 rings (SSSR count). The molecule has 2 fully saturated rings. The van der Waals surface area contributed by atoms with Gasteiger partial charge >= 0.3 is 11.9 Å². The summed E-state index contributed by atoms with van der Waals surface area (Å²) in [6.45, 7) is 4.44. The van der Waals surface area contributed by atoms with Crippen molar-refractivity contribution in [1.29, 1.82) is 0 Å². The molecule has 0 aliphatic heterocycles. The number of carbonyl (C=O) groups excluding carboxylic acids is 7. The summed E-state index contributed by atoms with van der Waals surface area (Å²) in [6, 6.07) is -0.536. The fourth-order valence-corrected chi connectivity index (χ4v) is 6.93. The Balaban J connectivity index is 1.84. The summed E-state index contributed by atoms with van der Waals surface area (Å²) in [7, 11) is 2.80. The number of carbonyl (C=O) groups is 7. The van der Waals surface area contributed by atoms with Crippen LogP contribution in [0.2, 0.25) is 0 Å². The Labute approximate surface area is 251 Å². The van der Waals surface area contributed by atoms with Crippen LogP contribution in [0.25, 0.3) is 0 Å². The molecule has 1 amide bonds. The number of nitrogens with two attached hydrogens (primary N) is 1. The zero-order chi connectivity index (χ0) is 33.0. The van der Waals surface area contributed by atoms with Crippen LogP contribution < -0.4 is 11.1 Å². The standard InChI is InChI=1S/C29H35N3O12/c1-6-43-27(40)18(28(41)44-7-2)31-12-9-8-11-10(3)13-15(21(34)14(11)20(12)33)24(37)29(42)17(22(13)35)19(32(4)5)23(36)16(25(29)38)26(30)39/h8-10,13,15-19,22,31,33,35,42H,6-7H2,1-5H3,(H2,30,39)/t10-,13+,15?,16?,17+,19-,22-,29-/m0/s1. The molecule has 8 atom stereocenters. The predicted molar refractivity (Wildman–Crippen MR) is 148 cm³/mol. The highest BCUT2D eigenvalue weighted by molar-refractivity contribution is 6.32. The summed E-state index contributed by atoms with van der Waals surface area (Å²) in [5.74, 6) is -17.0. The molecular weight excluding hydrogens is 582 g/mol. The summed E-state index contributed by atoms with van der Waals surface area (Å²) in [5, 5.41) is 37.1. The minimum Gasteiger partial charge on any atom is -0.505 e. The van der Waals surface area contributed by atoms with Crippen molar-refractivity contribution >= 4 is 46.7 Å². The van der Waals surface area contributed by atoms with Crippen LogP contribution in [0.15, 0.2) is 12.1 Å². The SMILES string of the molecule is CCOC(=O)C(Nc1ccc2c(c1O)C(=O)C1C(=O)[C@]3(O)C(=O)C(C(N)=O)C(=O)[C@@H](N(C)C)[C@@H]3[C@@H](O)[C@@H]1[C@H]2C)C(=O)OCC. The Morgan fingerprint density at radius 2 is 1.61 bits per heavy atom. The third kappa shape index (κ3) is 4.66. The maximum atomic E-state index is 14.1. The molecule has 1 aromatic rings. The number of phenols is 1. The van der Waals surface area contributed by atoms with E-state index in [4.69, 9.17) is 15.2 Å². The van der Waals surface area contributed by atoms with Crippen LogP contribution in [-0.2, 0) is 38.2 Å². The first-order chi connectivity index (χ1) is 20.6. The van der Waals surface area contributed by atoms with Crippen LogP contribution in [0, 0.1) is 23.7 Å². The molecule has 0 spiro atoms. The third-order valence-corrected chi connectivity index (χ3v) is 8.83. The number of rotatable bonds is 8. The van der Waals surface area contributed by atoms with Gasteiger partial charge in [0.25, 0.3) is 0 Å². The number of aromatic hydroxyl groups is 1. The summed E-state index contributed by atoms with van der Waals surface area (Å²) < 4.78 is 9.84. The first-order valence-corrected chi connectivity index (χ1v) is 14.1. The minimum absolute atomic E-state index is 0.0738. The summed E-state index contributed by atoms with van der Waals surface area (Å²) >= 11 is 0. The van der Waals surface area contributed by atoms with Crippen molar-refractivity contribution in [1.82, 2.24) is 4.90 Å². The molecule has 238 valence electrons. The van der Waals surface area contributed by atoms with Gasteiger partial charge in [0.15, 0.2) is 34.7 Å². The molecule has 0 radical (unpaired) electrons. The molecule has 0 aromatic heterocycles. The number of hydrogen-bond donors (Lipinski definition) is 5. The first-order valence-electron chi connectivity index (χ1n) is 14.1. The van der Waals surface area contributed by atoms with Crippen molar-refractivity contribution in [2.24, 2.45) is 29.4 Å². The molecule has 6 N–H and O–H groups in total. The number of benzene rings is 1. The van der Waals surface area contributed by atoms with Crippen molar-refractivity contribution in [3.63, 3.8) is 0 Å². The second-order valence-electron chi connectivity index (χ2n) is 11.4. The average molecular weight is 618 g/mol. The Morgan fingerprint density at radius 3 is 2.11 bits per heavy atom. The van der Waals surface area contributed by atoms with E-state index in [-0.39, 0.29) is 24.5 Å². The summed E-state index contributed by atoms with van der Waals surface area (Å²) in [4.78, 5) is 93.2. The molecule has 3 aliphatic rings. The molecule has 15 heteroatoms. The monoisotopic (exact) mass is 617 g/mol. The van der Waals surface area contributed by atoms with E-state index in [1.54, 1.807) is 6.92 Å². The van der Waals surface area contributed by atoms with E-state index >= 15 is 0 Å². The number of aliphatic hydroxyl groups excluding tert-OH is 1. The minimum atomic E-state index is -3.14. The van der Waals surface area contributed by atoms with Crippen LogP contribution in [0.3, 0.4) is 0 Å². The highest BCUT2D eigenvalue weighted by atomic mass is 16.6. The van der Waals surface area contributed by atoms with Gasteiger partial charge in [-0.1, -0.05) is 13.0 Å². The molecule has 1 aromatic carbocycles. The molecule has 44 heavy (non-hydrogen) atoms. The molecule has 2 saturated carbocycles. The van der Waals surface area contributed by atoms with Gasteiger partial charge < -0.3 is 35.8 Å². The molecule has 3 aliphatic carbocycles. The Kier molecular flexibility index (Phi) is 8.70. The molecule has 2 unspecified atom stereocenters. The van der Waals surface area contributed by atoms with Gasteiger partial charge in [-0.15, -0.1) is 0 Å². The Hall–Kier alpha value is -4.21. The van der Waals surface area contributed by atoms with Crippen molar-refractivity contribution < 1.29 is 58.4 Å². The largest absolute Gasteiger partial charge is 0.505 e. The third-order valence-electron chi connectivity index (χ3n) is 8.83. The Bertz CT molecular complexity index is 1440. The lowest BCUT2D eigenvalue weighted by molar-refractivity contribution is -0.196. The van der Waals surface area contributed by atoms with Gasteiger partial charge in [-0.2, -0.15) is 0 Å². The van der Waals surface area contributed by atoms with Gasteiger partial charge in [0, 0.05) is 5.92 Å². The molecule has 15 nitrogen and oxygen atoms in total. The van der Waals surface area contributed by atoms with Gasteiger partial charge in [-0.3, -0.25) is 28.9 Å². The average Bonchev–Trinajstić information content (AvgIpc) is 2.94. The highest BCUT2D eigenvalue weighted by Gasteiger charge is 2.72. The van der Waals surface area contributed by atoms with Crippen LogP contribution in [-0.4, -0.2) is 112 Å². The lowest BCUT2D eigenvalue weighted by atomic mass is 9.49. The highest BCUT2D eigenvalue weighted by Crippen LogP contribution is 2.55. The van der Waals surface area contributed by atoms with Gasteiger partial charge in [-0.25, -0.2) is 9.59 Å². The second-order valence-corrected chi connectivity index (χ2v) is 11.4. The quantitative estimate of drug-likeness (QED) is 0.124. The number of primary amides is 1. The summed E-state index contributed by atoms with van der Waals surface area (Å²) in [5.41, 5.74) is 1.68. The van der Waals surface area contributed by atoms with E-state index < -0.39 is 106 Å². The lowest BCUT2D eigenvalue weighted by Crippen LogP contribution is -2.77. The lowest BCUT2D eigenvalue weighted by Gasteiger charge is -2.56. The Morgan fingerprint density at radius 1 is 1.05 bits per heavy atom. The number of aliphatic hydroxyl groups is 2. The number of Topliss-reactive ketones (excluding diaryl/α,β-unsaturated/α-hetero) is 4. The number of ether oxygens (including phenoxy) is 2. The zero-order valence-corrected chi connectivity index (χ0v) is 24.7. The van der Waals surface area contributed by atoms with Gasteiger partial charge in [0.05, 0.1) is 48.4 Å². The van der Waals surface area contributed by atoms with Gasteiger partial charge in [-0.05, 0) is 45.5 Å². The van der Waals surface area contributed by atoms with E-state index in [0.717, 1.165) is 0 Å². The van der Waals surface area contributed by atoms with Gasteiger partial charge in [0.2, 0.25) is 11.9 Å². The van der Waals surface area contributed by atoms with E-state index in [2.05, 4.69) is 5.32 Å². The van der Waals surface area contributed by atoms with E-state index in [9.17, 15) is 48.9 Å². The number of hydrogen-bond acceptors (Lipinski definition) is 14. The number of nitrogens with one attached hydrogen (secondary N) is 1. The summed E-state index contributed by atoms with van der Waals surface area (Å²) in [6.07, 6.45) is -1.78. The number of nitrogens with zero attached hydrogens (tertiary/aromatic N) is 1. The molecule has 0 saturated heterocycles. The smallest absolute Gasteiger partial charge is 0.340 e. The van der Waals surface area contributed by atoms with Crippen LogP contribution in [0.1, 0.15) is 42.6 Å². The number of esters is 2. The molecule has 0 bridgehead atoms. The zero-order valence-electron chi connectivity index (χ0n) is 24.7. The van der Waals surface area contributed by atoms with E-state index in [1.165, 1.54) is 45.0 Å². The van der Waals surface area contributed by atoms with E-state index in [0.29, 0.717) is 0 Å². The van der Waals surface area contributed by atoms with Crippen molar-refractivity contribution in [2.75, 3.05) is 32.6 Å². The van der Waals surface area contributed by atoms with Crippen molar-refractivity contribution in [3.8, 4) is 5.75 Å². The maximum absolute atomic E-state index is 14.1. The topological polar surface area (TPSA) is 240 Å². The van der Waals surface area contributed by atoms with Gasteiger partial charge in [0.1, 0.15) is 5.75 Å².